The Labute approximate surface area is 330 Å². The molecule has 12 rings (SSSR count). The maximum atomic E-state index is 6.15. The van der Waals surface area contributed by atoms with Gasteiger partial charge in [-0.1, -0.05) is 127 Å². The number of benzene rings is 9. The molecule has 0 aliphatic rings. The monoisotopic (exact) mass is 749 g/mol. The second kappa shape index (κ2) is 12.4. The molecule has 0 saturated heterocycles. The van der Waals surface area contributed by atoms with E-state index in [1.165, 1.54) is 73.0 Å². The molecule has 2 nitrogen and oxygen atoms in total. The summed E-state index contributed by atoms with van der Waals surface area (Å²) in [5, 5.41) is 11.6. The molecular weight excluding hydrogens is 719 g/mol. The van der Waals surface area contributed by atoms with Crippen molar-refractivity contribution < 1.29 is 4.42 Å². The van der Waals surface area contributed by atoms with Crippen LogP contribution in [0.1, 0.15) is 0 Å². The van der Waals surface area contributed by atoms with E-state index in [0.717, 1.165) is 39.4 Å². The third kappa shape index (κ3) is 5.00. The molecule has 262 valence electrons. The number of fused-ring (bicyclic) bond motifs is 11. The van der Waals surface area contributed by atoms with Crippen molar-refractivity contribution in [2.75, 3.05) is 4.90 Å². The van der Waals surface area contributed by atoms with Crippen LogP contribution in [0.3, 0.4) is 0 Å². The minimum atomic E-state index is 0.885. The Morgan fingerprint density at radius 3 is 1.39 bits per heavy atom. The highest BCUT2D eigenvalue weighted by Gasteiger charge is 2.18. The fourth-order valence-electron chi connectivity index (χ4n) is 8.55. The van der Waals surface area contributed by atoms with Crippen molar-refractivity contribution in [3.05, 3.63) is 188 Å². The maximum absolute atomic E-state index is 6.15. The lowest BCUT2D eigenvalue weighted by Crippen LogP contribution is -2.09. The van der Waals surface area contributed by atoms with Gasteiger partial charge in [-0.2, -0.15) is 0 Å². The van der Waals surface area contributed by atoms with E-state index in [1.807, 2.05) is 40.9 Å². The first-order valence-electron chi connectivity index (χ1n) is 18.9. The number of rotatable bonds is 5. The number of nitrogens with zero attached hydrogens (tertiary/aromatic N) is 1. The Balaban J connectivity index is 0.976. The van der Waals surface area contributed by atoms with Crippen LogP contribution in [0.25, 0.3) is 95.3 Å². The van der Waals surface area contributed by atoms with Gasteiger partial charge in [-0.3, -0.25) is 0 Å². The molecule has 0 atom stereocenters. The van der Waals surface area contributed by atoms with Gasteiger partial charge >= 0.3 is 0 Å². The Hall–Kier alpha value is -6.72. The van der Waals surface area contributed by atoms with Gasteiger partial charge < -0.3 is 9.32 Å². The van der Waals surface area contributed by atoms with Crippen LogP contribution < -0.4 is 4.90 Å². The average molecular weight is 750 g/mol. The van der Waals surface area contributed by atoms with Gasteiger partial charge in [-0.25, -0.2) is 0 Å². The van der Waals surface area contributed by atoms with Gasteiger partial charge in [0.1, 0.15) is 11.3 Å². The van der Waals surface area contributed by atoms with E-state index in [1.54, 1.807) is 0 Å². The van der Waals surface area contributed by atoms with E-state index in [9.17, 15) is 0 Å². The van der Waals surface area contributed by atoms with Crippen molar-refractivity contribution in [1.82, 2.24) is 0 Å². The number of anilines is 3. The van der Waals surface area contributed by atoms with Gasteiger partial charge in [0.25, 0.3) is 0 Å². The van der Waals surface area contributed by atoms with Gasteiger partial charge in [-0.15, -0.1) is 22.7 Å². The first-order valence-corrected chi connectivity index (χ1v) is 20.5. The van der Waals surface area contributed by atoms with Crippen molar-refractivity contribution in [2.24, 2.45) is 0 Å². The molecule has 0 N–H and O–H groups in total. The summed E-state index contributed by atoms with van der Waals surface area (Å²) in [5.74, 6) is 0.885. The third-order valence-corrected chi connectivity index (χ3v) is 13.5. The highest BCUT2D eigenvalue weighted by Crippen LogP contribution is 2.45. The number of furan rings is 1. The highest BCUT2D eigenvalue weighted by atomic mass is 32.1. The molecule has 0 aliphatic heterocycles. The van der Waals surface area contributed by atoms with Crippen LogP contribution in [0.4, 0.5) is 17.1 Å². The summed E-state index contributed by atoms with van der Waals surface area (Å²) >= 11 is 3.75. The largest absolute Gasteiger partial charge is 0.456 e. The minimum Gasteiger partial charge on any atom is -0.456 e. The molecule has 3 aromatic heterocycles. The van der Waals surface area contributed by atoms with Crippen LogP contribution in [0.15, 0.2) is 192 Å². The highest BCUT2D eigenvalue weighted by molar-refractivity contribution is 7.26. The second-order valence-electron chi connectivity index (χ2n) is 14.5. The first kappa shape index (κ1) is 31.6. The number of hydrogen-bond donors (Lipinski definition) is 0. The summed E-state index contributed by atoms with van der Waals surface area (Å²) < 4.78 is 11.4. The van der Waals surface area contributed by atoms with Gasteiger partial charge in [0.05, 0.1) is 0 Å². The van der Waals surface area contributed by atoms with Crippen molar-refractivity contribution in [2.45, 2.75) is 0 Å². The van der Waals surface area contributed by atoms with Crippen LogP contribution in [0.2, 0.25) is 0 Å². The summed E-state index contributed by atoms with van der Waals surface area (Å²) in [5.41, 5.74) is 7.71. The molecule has 4 heteroatoms. The Morgan fingerprint density at radius 1 is 0.339 bits per heavy atom. The standard InChI is InChI=1S/C52H31NOS2/c1-4-10-41-34(7-1)19-27-47-51(41)43-25-23-39(30-49(43)55-47)53(40-24-26-44-50(31-40)56-48-28-20-35-8-2-5-11-42(35)52(44)48)38-21-17-33(18-22-38)32-13-15-36(16-14-32)46-29-37-9-3-6-12-45(37)54-46/h1-31H. The third-order valence-electron chi connectivity index (χ3n) is 11.3. The molecule has 0 fully saturated rings. The smallest absolute Gasteiger partial charge is 0.135 e. The maximum Gasteiger partial charge on any atom is 0.135 e. The fourth-order valence-corrected chi connectivity index (χ4v) is 10.9. The van der Waals surface area contributed by atoms with E-state index in [4.69, 9.17) is 4.42 Å². The predicted octanol–water partition coefficient (Wildman–Crippen LogP) is 16.3. The Kier molecular flexibility index (Phi) is 7.00. The van der Waals surface area contributed by atoms with E-state index in [-0.39, 0.29) is 0 Å². The van der Waals surface area contributed by atoms with Gasteiger partial charge in [0, 0.05) is 68.4 Å². The molecular formula is C52H31NOS2. The second-order valence-corrected chi connectivity index (χ2v) is 16.7. The molecule has 0 radical (unpaired) electrons. The minimum absolute atomic E-state index is 0.885. The summed E-state index contributed by atoms with van der Waals surface area (Å²) in [6, 6.07) is 68.5. The molecule has 0 unspecified atom stereocenters. The van der Waals surface area contributed by atoms with Crippen LogP contribution >= 0.6 is 22.7 Å². The zero-order valence-electron chi connectivity index (χ0n) is 30.1. The van der Waals surface area contributed by atoms with E-state index in [2.05, 4.69) is 175 Å². The van der Waals surface area contributed by atoms with Gasteiger partial charge in [0.15, 0.2) is 0 Å². The lowest BCUT2D eigenvalue weighted by atomic mass is 10.0. The summed E-state index contributed by atoms with van der Waals surface area (Å²) in [6.07, 6.45) is 0. The quantitative estimate of drug-likeness (QED) is 0.174. The van der Waals surface area contributed by atoms with E-state index >= 15 is 0 Å². The number of thiophene rings is 2. The van der Waals surface area contributed by atoms with Crippen LogP contribution in [-0.4, -0.2) is 0 Å². The fraction of sp³-hybridized carbons (Fsp3) is 0. The lowest BCUT2D eigenvalue weighted by Gasteiger charge is -2.26. The van der Waals surface area contributed by atoms with Crippen molar-refractivity contribution >= 4 is 113 Å². The molecule has 12 aromatic rings. The molecule has 9 aromatic carbocycles. The molecule has 0 amide bonds. The zero-order chi connectivity index (χ0) is 36.7. The predicted molar refractivity (Wildman–Crippen MR) is 243 cm³/mol. The van der Waals surface area contributed by atoms with Crippen LogP contribution in [0.5, 0.6) is 0 Å². The number of hydrogen-bond acceptors (Lipinski definition) is 4. The van der Waals surface area contributed by atoms with Crippen molar-refractivity contribution in [1.29, 1.82) is 0 Å². The average Bonchev–Trinajstić information content (AvgIpc) is 3.97. The van der Waals surface area contributed by atoms with E-state index < -0.39 is 0 Å². The Bertz CT molecular complexity index is 3290. The lowest BCUT2D eigenvalue weighted by molar-refractivity contribution is 0.631. The van der Waals surface area contributed by atoms with Gasteiger partial charge in [0.2, 0.25) is 0 Å². The summed E-state index contributed by atoms with van der Waals surface area (Å²) in [7, 11) is 0. The molecule has 0 bridgehead atoms. The molecule has 0 aliphatic carbocycles. The summed E-state index contributed by atoms with van der Waals surface area (Å²) in [6.45, 7) is 0. The molecule has 0 saturated carbocycles. The van der Waals surface area contributed by atoms with Crippen LogP contribution in [-0.2, 0) is 0 Å². The molecule has 56 heavy (non-hydrogen) atoms. The Morgan fingerprint density at radius 2 is 0.821 bits per heavy atom. The number of para-hydroxylation sites is 1. The van der Waals surface area contributed by atoms with Gasteiger partial charge in [-0.05, 0) is 93.3 Å². The van der Waals surface area contributed by atoms with Crippen LogP contribution in [0, 0.1) is 0 Å². The van der Waals surface area contributed by atoms with E-state index in [0.29, 0.717) is 0 Å². The summed E-state index contributed by atoms with van der Waals surface area (Å²) in [4.78, 5) is 2.41. The zero-order valence-corrected chi connectivity index (χ0v) is 31.7. The molecule has 0 spiro atoms. The SMILES string of the molecule is c1ccc2oc(-c3ccc(-c4ccc(N(c5ccc6c(c5)sc5ccc7ccccc7c56)c5ccc6c(c5)sc5ccc7ccccc7c56)cc4)cc3)cc2c1. The topological polar surface area (TPSA) is 16.4 Å². The normalized spacial score (nSPS) is 11.9. The first-order chi connectivity index (χ1) is 27.7. The molecule has 3 heterocycles. The van der Waals surface area contributed by atoms with Crippen molar-refractivity contribution in [3.8, 4) is 22.5 Å². The van der Waals surface area contributed by atoms with Crippen molar-refractivity contribution in [3.63, 3.8) is 0 Å².